The lowest BCUT2D eigenvalue weighted by Crippen LogP contribution is -2.18. The van der Waals surface area contributed by atoms with Gasteiger partial charge in [-0.1, -0.05) is 0 Å². The summed E-state index contributed by atoms with van der Waals surface area (Å²) in [6.45, 7) is 4.37. The highest BCUT2D eigenvalue weighted by Gasteiger charge is 2.07. The van der Waals surface area contributed by atoms with Gasteiger partial charge in [0, 0.05) is 24.0 Å². The largest absolute Gasteiger partial charge is 0.379 e. The first-order valence-corrected chi connectivity index (χ1v) is 7.28. The highest BCUT2D eigenvalue weighted by molar-refractivity contribution is 7.17. The van der Waals surface area contributed by atoms with E-state index in [-0.39, 0.29) is 5.56 Å². The molecule has 5 heteroatoms. The van der Waals surface area contributed by atoms with Crippen LogP contribution in [0.5, 0.6) is 0 Å². The minimum absolute atomic E-state index is 0.0218. The van der Waals surface area contributed by atoms with Gasteiger partial charge in [-0.3, -0.25) is 9.78 Å². The van der Waals surface area contributed by atoms with Crippen molar-refractivity contribution in [2.75, 3.05) is 5.32 Å². The van der Waals surface area contributed by atoms with Gasteiger partial charge in [0.2, 0.25) is 0 Å². The lowest BCUT2D eigenvalue weighted by atomic mass is 10.1. The van der Waals surface area contributed by atoms with Crippen molar-refractivity contribution in [3.63, 3.8) is 0 Å². The molecule has 0 bridgehead atoms. The molecule has 0 aromatic carbocycles. The van der Waals surface area contributed by atoms with Gasteiger partial charge in [-0.15, -0.1) is 11.3 Å². The molecule has 0 saturated carbocycles. The molecule has 0 aliphatic rings. The molecule has 3 aromatic rings. The SMILES string of the molecule is Cc1cc(C)c(CNc2ccnc3ccsc23)c(=O)[nH]1. The Morgan fingerprint density at radius 2 is 2.20 bits per heavy atom. The third kappa shape index (κ3) is 2.32. The maximum absolute atomic E-state index is 12.0. The Kier molecular flexibility index (Phi) is 3.28. The Balaban J connectivity index is 1.91. The molecule has 0 spiro atoms. The van der Waals surface area contributed by atoms with Crippen LogP contribution < -0.4 is 10.9 Å². The number of hydrogen-bond donors (Lipinski definition) is 2. The summed E-state index contributed by atoms with van der Waals surface area (Å²) >= 11 is 1.65. The third-order valence-corrected chi connectivity index (χ3v) is 4.23. The van der Waals surface area contributed by atoms with Gasteiger partial charge in [0.05, 0.1) is 15.9 Å². The van der Waals surface area contributed by atoms with Gasteiger partial charge in [0.25, 0.3) is 5.56 Å². The summed E-state index contributed by atoms with van der Waals surface area (Å²) in [6.07, 6.45) is 1.78. The van der Waals surface area contributed by atoms with Crippen molar-refractivity contribution in [1.29, 1.82) is 0 Å². The predicted molar refractivity (Wildman–Crippen MR) is 83.5 cm³/mol. The highest BCUT2D eigenvalue weighted by atomic mass is 32.1. The van der Waals surface area contributed by atoms with Gasteiger partial charge >= 0.3 is 0 Å². The Morgan fingerprint density at radius 3 is 3.00 bits per heavy atom. The van der Waals surface area contributed by atoms with Crippen LogP contribution >= 0.6 is 11.3 Å². The Hall–Kier alpha value is -2.14. The smallest absolute Gasteiger partial charge is 0.253 e. The molecular formula is C15H15N3OS. The number of thiophene rings is 1. The quantitative estimate of drug-likeness (QED) is 0.777. The van der Waals surface area contributed by atoms with Crippen LogP contribution in [0.2, 0.25) is 0 Å². The number of hydrogen-bond acceptors (Lipinski definition) is 4. The standard InChI is InChI=1S/C15H15N3OS/c1-9-7-10(2)18-15(19)11(9)8-17-12-3-5-16-13-4-6-20-14(12)13/h3-7H,8H2,1-2H3,(H,16,17)(H,18,19). The molecule has 0 atom stereocenters. The van der Waals surface area contributed by atoms with Crippen molar-refractivity contribution in [2.24, 2.45) is 0 Å². The molecule has 0 aliphatic carbocycles. The monoisotopic (exact) mass is 285 g/mol. The zero-order valence-electron chi connectivity index (χ0n) is 11.4. The highest BCUT2D eigenvalue weighted by Crippen LogP contribution is 2.27. The fraction of sp³-hybridized carbons (Fsp3) is 0.200. The van der Waals surface area contributed by atoms with E-state index in [4.69, 9.17) is 0 Å². The Labute approximate surface area is 120 Å². The van der Waals surface area contributed by atoms with Crippen molar-refractivity contribution in [1.82, 2.24) is 9.97 Å². The summed E-state index contributed by atoms with van der Waals surface area (Å²) in [7, 11) is 0. The molecule has 3 rings (SSSR count). The molecule has 0 radical (unpaired) electrons. The van der Waals surface area contributed by atoms with Crippen LogP contribution in [0, 0.1) is 13.8 Å². The fourth-order valence-electron chi connectivity index (χ4n) is 2.30. The van der Waals surface area contributed by atoms with E-state index in [0.717, 1.165) is 32.7 Å². The zero-order valence-corrected chi connectivity index (χ0v) is 12.2. The number of aromatic nitrogens is 2. The number of aryl methyl sites for hydroxylation is 2. The van der Waals surface area contributed by atoms with Crippen LogP contribution in [0.1, 0.15) is 16.8 Å². The number of fused-ring (bicyclic) bond motifs is 1. The number of anilines is 1. The molecule has 3 aromatic heterocycles. The predicted octanol–water partition coefficient (Wildman–Crippen LogP) is 3.21. The molecule has 0 saturated heterocycles. The second kappa shape index (κ2) is 5.09. The summed E-state index contributed by atoms with van der Waals surface area (Å²) in [5.74, 6) is 0. The molecular weight excluding hydrogens is 270 g/mol. The Bertz CT molecular complexity index is 819. The maximum Gasteiger partial charge on any atom is 0.253 e. The van der Waals surface area contributed by atoms with Crippen molar-refractivity contribution in [3.8, 4) is 0 Å². The fourth-order valence-corrected chi connectivity index (χ4v) is 3.14. The third-order valence-electron chi connectivity index (χ3n) is 3.29. The van der Waals surface area contributed by atoms with E-state index >= 15 is 0 Å². The van der Waals surface area contributed by atoms with E-state index in [1.807, 2.05) is 37.4 Å². The van der Waals surface area contributed by atoms with E-state index < -0.39 is 0 Å². The molecule has 4 nitrogen and oxygen atoms in total. The first-order valence-electron chi connectivity index (χ1n) is 6.40. The van der Waals surface area contributed by atoms with Crippen molar-refractivity contribution in [2.45, 2.75) is 20.4 Å². The van der Waals surface area contributed by atoms with Gasteiger partial charge in [0.15, 0.2) is 0 Å². The van der Waals surface area contributed by atoms with Gasteiger partial charge in [-0.05, 0) is 43.0 Å². The number of rotatable bonds is 3. The van der Waals surface area contributed by atoms with E-state index in [1.165, 1.54) is 0 Å². The van der Waals surface area contributed by atoms with Gasteiger partial charge in [0.1, 0.15) is 0 Å². The summed E-state index contributed by atoms with van der Waals surface area (Å²) in [4.78, 5) is 19.1. The van der Waals surface area contributed by atoms with E-state index in [0.29, 0.717) is 6.54 Å². The van der Waals surface area contributed by atoms with Crippen LogP contribution in [-0.2, 0) is 6.54 Å². The minimum atomic E-state index is -0.0218. The second-order valence-electron chi connectivity index (χ2n) is 4.79. The van der Waals surface area contributed by atoms with Crippen LogP contribution in [0.3, 0.4) is 0 Å². The lowest BCUT2D eigenvalue weighted by Gasteiger charge is -2.09. The average Bonchev–Trinajstić information content (AvgIpc) is 2.86. The molecule has 102 valence electrons. The minimum Gasteiger partial charge on any atom is -0.379 e. The summed E-state index contributed by atoms with van der Waals surface area (Å²) < 4.78 is 1.12. The number of nitrogens with zero attached hydrogens (tertiary/aromatic N) is 1. The van der Waals surface area contributed by atoms with Crippen LogP contribution in [-0.4, -0.2) is 9.97 Å². The summed E-state index contributed by atoms with van der Waals surface area (Å²) in [6, 6.07) is 5.93. The van der Waals surface area contributed by atoms with E-state index in [9.17, 15) is 4.79 Å². The molecule has 0 amide bonds. The van der Waals surface area contributed by atoms with Crippen LogP contribution in [0.4, 0.5) is 5.69 Å². The molecule has 3 heterocycles. The van der Waals surface area contributed by atoms with Crippen molar-refractivity contribution >= 4 is 27.2 Å². The number of pyridine rings is 2. The van der Waals surface area contributed by atoms with Gasteiger partial charge in [-0.2, -0.15) is 0 Å². The lowest BCUT2D eigenvalue weighted by molar-refractivity contribution is 1.01. The topological polar surface area (TPSA) is 57.8 Å². The normalized spacial score (nSPS) is 10.9. The molecule has 0 aliphatic heterocycles. The number of H-pyrrole nitrogens is 1. The molecule has 0 unspecified atom stereocenters. The van der Waals surface area contributed by atoms with Crippen molar-refractivity contribution < 1.29 is 0 Å². The first-order chi connectivity index (χ1) is 9.65. The summed E-state index contributed by atoms with van der Waals surface area (Å²) in [5, 5.41) is 5.36. The molecule has 20 heavy (non-hydrogen) atoms. The molecule has 2 N–H and O–H groups in total. The van der Waals surface area contributed by atoms with Crippen LogP contribution in [0.15, 0.2) is 34.6 Å². The zero-order chi connectivity index (χ0) is 14.1. The maximum atomic E-state index is 12.0. The first kappa shape index (κ1) is 12.9. The summed E-state index contributed by atoms with van der Waals surface area (Å²) in [5.41, 5.74) is 4.65. The average molecular weight is 285 g/mol. The van der Waals surface area contributed by atoms with Crippen molar-refractivity contribution in [3.05, 3.63) is 57.0 Å². The van der Waals surface area contributed by atoms with Gasteiger partial charge < -0.3 is 10.3 Å². The van der Waals surface area contributed by atoms with Crippen LogP contribution in [0.25, 0.3) is 10.2 Å². The molecule has 0 fully saturated rings. The number of aromatic amines is 1. The van der Waals surface area contributed by atoms with Gasteiger partial charge in [-0.25, -0.2) is 0 Å². The van der Waals surface area contributed by atoms with E-state index in [2.05, 4.69) is 15.3 Å². The van der Waals surface area contributed by atoms with E-state index in [1.54, 1.807) is 17.5 Å². The second-order valence-corrected chi connectivity index (χ2v) is 5.71. The Morgan fingerprint density at radius 1 is 1.35 bits per heavy atom. The number of nitrogens with one attached hydrogen (secondary N) is 2.